The third-order valence-electron chi connectivity index (χ3n) is 7.69. The van der Waals surface area contributed by atoms with E-state index in [2.05, 4.69) is 30.4 Å². The molecule has 0 amide bonds. The summed E-state index contributed by atoms with van der Waals surface area (Å²) in [6.07, 6.45) is 16.8. The van der Waals surface area contributed by atoms with E-state index >= 15 is 0 Å². The van der Waals surface area contributed by atoms with Gasteiger partial charge in [0.25, 0.3) is 0 Å². The summed E-state index contributed by atoms with van der Waals surface area (Å²) in [5.74, 6) is 3.87. The summed E-state index contributed by atoms with van der Waals surface area (Å²) in [6, 6.07) is 2.33. The Balaban J connectivity index is 1.63. The zero-order valence-electron chi connectivity index (χ0n) is 15.2. The first kappa shape index (κ1) is 16.9. The summed E-state index contributed by atoms with van der Waals surface area (Å²) in [6.45, 7) is 0.146. The van der Waals surface area contributed by atoms with Crippen LogP contribution in [-0.2, 0) is 4.74 Å². The van der Waals surface area contributed by atoms with E-state index in [0.29, 0.717) is 24.2 Å². The second-order valence-corrected chi connectivity index (χ2v) is 8.40. The van der Waals surface area contributed by atoms with Gasteiger partial charge in [-0.05, 0) is 72.8 Å². The second kappa shape index (κ2) is 6.65. The van der Waals surface area contributed by atoms with Crippen LogP contribution < -0.4 is 0 Å². The second-order valence-electron chi connectivity index (χ2n) is 8.40. The Morgan fingerprint density at radius 3 is 3.04 bits per heavy atom. The molecule has 3 nitrogen and oxygen atoms in total. The van der Waals surface area contributed by atoms with Crippen LogP contribution in [0.5, 0.6) is 0 Å². The average molecular weight is 339 g/mol. The largest absolute Gasteiger partial charge is 0.501 e. The first-order valence-electron chi connectivity index (χ1n) is 9.82. The molecule has 0 saturated heterocycles. The van der Waals surface area contributed by atoms with Crippen molar-refractivity contribution >= 4 is 0 Å². The lowest BCUT2D eigenvalue weighted by molar-refractivity contribution is -0.0395. The zero-order chi connectivity index (χ0) is 17.4. The van der Waals surface area contributed by atoms with Crippen molar-refractivity contribution in [3.8, 4) is 6.07 Å². The number of hydrogen-bond donors (Lipinski definition) is 1. The van der Waals surface area contributed by atoms with Gasteiger partial charge in [-0.15, -0.1) is 0 Å². The van der Waals surface area contributed by atoms with Gasteiger partial charge >= 0.3 is 0 Å². The highest BCUT2D eigenvalue weighted by Gasteiger charge is 2.55. The van der Waals surface area contributed by atoms with E-state index in [1.165, 1.54) is 18.4 Å². The van der Waals surface area contributed by atoms with Crippen molar-refractivity contribution in [2.45, 2.75) is 44.9 Å². The van der Waals surface area contributed by atoms with Gasteiger partial charge in [0.1, 0.15) is 0 Å². The lowest BCUT2D eigenvalue weighted by Gasteiger charge is -2.54. The van der Waals surface area contributed by atoms with Crippen molar-refractivity contribution in [1.82, 2.24) is 0 Å². The number of allylic oxidation sites excluding steroid dienone is 6. The van der Waals surface area contributed by atoms with Crippen LogP contribution in [0, 0.1) is 46.3 Å². The number of rotatable bonds is 4. The number of nitriles is 1. The van der Waals surface area contributed by atoms with Gasteiger partial charge in [-0.3, -0.25) is 0 Å². The van der Waals surface area contributed by atoms with E-state index < -0.39 is 0 Å². The smallest absolute Gasteiger partial charge is 0.0958 e. The van der Waals surface area contributed by atoms with Crippen LogP contribution in [0.4, 0.5) is 0 Å². The van der Waals surface area contributed by atoms with Crippen molar-refractivity contribution in [2.24, 2.45) is 35.0 Å². The summed E-state index contributed by atoms with van der Waals surface area (Å²) < 4.78 is 5.49. The van der Waals surface area contributed by atoms with Gasteiger partial charge < -0.3 is 9.84 Å². The topological polar surface area (TPSA) is 53.2 Å². The molecule has 3 heteroatoms. The molecule has 134 valence electrons. The quantitative estimate of drug-likeness (QED) is 0.774. The molecule has 4 rings (SSSR count). The Bertz CT molecular complexity index is 655. The van der Waals surface area contributed by atoms with E-state index in [1.54, 1.807) is 7.11 Å². The SMILES string of the molecule is COC1=CC2=CC[C@@H]3[C@H](CCC4(C(CO)CC#N)CC=C[C@@H]34)[C@H]2CC1. The minimum Gasteiger partial charge on any atom is -0.501 e. The van der Waals surface area contributed by atoms with Crippen LogP contribution >= 0.6 is 0 Å². The summed E-state index contributed by atoms with van der Waals surface area (Å²) in [7, 11) is 1.78. The normalized spacial score (nSPS) is 40.0. The third-order valence-corrected chi connectivity index (χ3v) is 7.69. The Kier molecular flexibility index (Phi) is 4.50. The van der Waals surface area contributed by atoms with Crippen LogP contribution in [-0.4, -0.2) is 18.8 Å². The monoisotopic (exact) mass is 339 g/mol. The summed E-state index contributed by atoms with van der Waals surface area (Å²) in [5.41, 5.74) is 1.62. The van der Waals surface area contributed by atoms with Crippen LogP contribution in [0.2, 0.25) is 0 Å². The van der Waals surface area contributed by atoms with Crippen LogP contribution in [0.3, 0.4) is 0 Å². The van der Waals surface area contributed by atoms with E-state index in [1.807, 2.05) is 0 Å². The Hall–Kier alpha value is -1.53. The van der Waals surface area contributed by atoms with Crippen molar-refractivity contribution in [1.29, 1.82) is 5.26 Å². The molecular formula is C22H29NO2. The Morgan fingerprint density at radius 2 is 2.28 bits per heavy atom. The van der Waals surface area contributed by atoms with Gasteiger partial charge in [-0.1, -0.05) is 18.2 Å². The molecule has 0 radical (unpaired) electrons. The Morgan fingerprint density at radius 1 is 1.40 bits per heavy atom. The van der Waals surface area contributed by atoms with Gasteiger partial charge in [0.2, 0.25) is 0 Å². The molecule has 0 heterocycles. The molecule has 4 aliphatic rings. The molecule has 1 saturated carbocycles. The van der Waals surface area contributed by atoms with Gasteiger partial charge in [-0.25, -0.2) is 0 Å². The fourth-order valence-corrected chi connectivity index (χ4v) is 6.47. The van der Waals surface area contributed by atoms with E-state index in [4.69, 9.17) is 4.74 Å². The number of aliphatic hydroxyl groups is 1. The average Bonchev–Trinajstić information content (AvgIpc) is 3.10. The maximum absolute atomic E-state index is 9.98. The number of fused-ring (bicyclic) bond motifs is 5. The van der Waals surface area contributed by atoms with Gasteiger partial charge in [0, 0.05) is 25.4 Å². The fraction of sp³-hybridized carbons (Fsp3) is 0.682. The molecule has 1 N–H and O–H groups in total. The highest BCUT2D eigenvalue weighted by Crippen LogP contribution is 2.62. The van der Waals surface area contributed by atoms with Gasteiger partial charge in [0.05, 0.1) is 18.9 Å². The third kappa shape index (κ3) is 2.57. The molecule has 0 spiro atoms. The molecule has 0 bridgehead atoms. The minimum atomic E-state index is 0.121. The number of methoxy groups -OCH3 is 1. The molecular weight excluding hydrogens is 310 g/mol. The summed E-state index contributed by atoms with van der Waals surface area (Å²) in [4.78, 5) is 0. The van der Waals surface area contributed by atoms with Crippen molar-refractivity contribution in [3.63, 3.8) is 0 Å². The fourth-order valence-electron chi connectivity index (χ4n) is 6.47. The molecule has 25 heavy (non-hydrogen) atoms. The highest BCUT2D eigenvalue weighted by molar-refractivity contribution is 5.32. The standard InChI is InChI=1S/C22H29NO2/c1-25-17-5-7-18-15(13-17)4-6-20-19(18)8-11-22(10-2-3-21(20)22)16(14-24)9-12-23/h2-4,13,16,18-21,24H,5-11,14H2,1H3/t16?,18-,19+,20+,21-,22?/m0/s1. The molecule has 0 aromatic carbocycles. The number of aliphatic hydroxyl groups excluding tert-OH is 1. The van der Waals surface area contributed by atoms with Crippen molar-refractivity contribution in [3.05, 3.63) is 35.6 Å². The molecule has 0 aromatic rings. The number of ether oxygens (including phenoxy) is 1. The molecule has 0 aromatic heterocycles. The summed E-state index contributed by atoms with van der Waals surface area (Å²) in [5, 5.41) is 19.2. The molecule has 6 atom stereocenters. The summed E-state index contributed by atoms with van der Waals surface area (Å²) >= 11 is 0. The van der Waals surface area contributed by atoms with E-state index in [9.17, 15) is 10.4 Å². The van der Waals surface area contributed by atoms with E-state index in [-0.39, 0.29) is 17.9 Å². The van der Waals surface area contributed by atoms with Crippen molar-refractivity contribution in [2.75, 3.05) is 13.7 Å². The maximum Gasteiger partial charge on any atom is 0.0958 e. The zero-order valence-corrected chi connectivity index (χ0v) is 15.2. The predicted molar refractivity (Wildman–Crippen MR) is 97.2 cm³/mol. The lowest BCUT2D eigenvalue weighted by Crippen LogP contribution is -2.48. The first-order chi connectivity index (χ1) is 12.2. The van der Waals surface area contributed by atoms with Crippen LogP contribution in [0.25, 0.3) is 0 Å². The highest BCUT2D eigenvalue weighted by atomic mass is 16.5. The van der Waals surface area contributed by atoms with Gasteiger partial charge in [0.15, 0.2) is 0 Å². The van der Waals surface area contributed by atoms with Crippen LogP contribution in [0.15, 0.2) is 35.6 Å². The van der Waals surface area contributed by atoms with Gasteiger partial charge in [-0.2, -0.15) is 5.26 Å². The number of nitrogens with zero attached hydrogens (tertiary/aromatic N) is 1. The van der Waals surface area contributed by atoms with Crippen molar-refractivity contribution < 1.29 is 9.84 Å². The molecule has 1 fully saturated rings. The van der Waals surface area contributed by atoms with Crippen LogP contribution in [0.1, 0.15) is 44.9 Å². The maximum atomic E-state index is 9.98. The number of hydrogen-bond acceptors (Lipinski definition) is 3. The minimum absolute atomic E-state index is 0.121. The first-order valence-corrected chi connectivity index (χ1v) is 9.82. The lowest BCUT2D eigenvalue weighted by atomic mass is 9.50. The predicted octanol–water partition coefficient (Wildman–Crippen LogP) is 4.37. The molecule has 0 aliphatic heterocycles. The molecule has 4 aliphatic carbocycles. The molecule has 2 unspecified atom stereocenters. The van der Waals surface area contributed by atoms with E-state index in [0.717, 1.165) is 37.4 Å². The Labute approximate surface area is 151 Å².